The van der Waals surface area contributed by atoms with E-state index in [9.17, 15) is 17.6 Å². The number of benzene rings is 1. The number of carboxylic acid groups (broad SMARTS) is 1. The van der Waals surface area contributed by atoms with Gasteiger partial charge in [-0.05, 0) is 30.7 Å². The third kappa shape index (κ3) is 3.26. The molecule has 0 amide bonds. The van der Waals surface area contributed by atoms with Gasteiger partial charge < -0.3 is 5.11 Å². The summed E-state index contributed by atoms with van der Waals surface area (Å²) in [5.74, 6) is -2.48. The molecule has 0 fully saturated rings. The van der Waals surface area contributed by atoms with Gasteiger partial charge in [-0.25, -0.2) is 22.3 Å². The van der Waals surface area contributed by atoms with E-state index in [1.165, 1.54) is 13.1 Å². The van der Waals surface area contributed by atoms with Crippen LogP contribution in [0.4, 0.5) is 4.39 Å². The van der Waals surface area contributed by atoms with Gasteiger partial charge >= 0.3 is 5.97 Å². The predicted molar refractivity (Wildman–Crippen MR) is 70.7 cm³/mol. The van der Waals surface area contributed by atoms with E-state index >= 15 is 0 Å². The summed E-state index contributed by atoms with van der Waals surface area (Å²) in [7, 11) is -3.96. The maximum absolute atomic E-state index is 13.6. The lowest BCUT2D eigenvalue weighted by atomic mass is 10.1. The van der Waals surface area contributed by atoms with Gasteiger partial charge in [0.2, 0.25) is 10.0 Å². The summed E-state index contributed by atoms with van der Waals surface area (Å²) in [5.41, 5.74) is -0.204. The molecule has 0 aliphatic rings. The molecule has 0 aliphatic carbocycles. The van der Waals surface area contributed by atoms with Crippen molar-refractivity contribution in [3.8, 4) is 0 Å². The largest absolute Gasteiger partial charge is 0.478 e. The van der Waals surface area contributed by atoms with E-state index in [0.29, 0.717) is 5.69 Å². The van der Waals surface area contributed by atoms with Gasteiger partial charge in [-0.1, -0.05) is 0 Å². The zero-order chi connectivity index (χ0) is 15.6. The number of aromatic amines is 1. The third-order valence-electron chi connectivity index (χ3n) is 2.78. The maximum atomic E-state index is 13.6. The molecule has 112 valence electrons. The summed E-state index contributed by atoms with van der Waals surface area (Å²) in [6.45, 7) is 1.26. The number of nitrogens with zero attached hydrogens (tertiary/aromatic N) is 1. The van der Waals surface area contributed by atoms with Crippen molar-refractivity contribution in [1.29, 1.82) is 0 Å². The molecule has 0 aliphatic heterocycles. The minimum atomic E-state index is -3.96. The van der Waals surface area contributed by atoms with Crippen LogP contribution in [0.25, 0.3) is 0 Å². The van der Waals surface area contributed by atoms with Crippen molar-refractivity contribution in [2.75, 3.05) is 0 Å². The number of carboxylic acids is 1. The summed E-state index contributed by atoms with van der Waals surface area (Å²) in [6.07, 6.45) is 1.47. The highest BCUT2D eigenvalue weighted by Crippen LogP contribution is 2.19. The average Bonchev–Trinajstić information content (AvgIpc) is 2.92. The first-order chi connectivity index (χ1) is 9.81. The third-order valence-corrected chi connectivity index (χ3v) is 4.16. The number of hydrogen-bond donors (Lipinski definition) is 3. The number of rotatable bonds is 5. The molecule has 1 aromatic heterocycles. The van der Waals surface area contributed by atoms with Crippen LogP contribution in [0, 0.1) is 12.7 Å². The van der Waals surface area contributed by atoms with Crippen molar-refractivity contribution in [3.05, 3.63) is 47.0 Å². The Morgan fingerprint density at radius 1 is 1.48 bits per heavy atom. The van der Waals surface area contributed by atoms with Crippen LogP contribution in [-0.2, 0) is 16.6 Å². The molecule has 0 unspecified atom stereocenters. The lowest BCUT2D eigenvalue weighted by molar-refractivity contribution is 0.0691. The molecule has 2 rings (SSSR count). The first kappa shape index (κ1) is 15.1. The topological polar surface area (TPSA) is 112 Å². The van der Waals surface area contributed by atoms with E-state index in [0.717, 1.165) is 12.1 Å². The summed E-state index contributed by atoms with van der Waals surface area (Å²) in [4.78, 5) is 10.6. The number of hydrogen-bond acceptors (Lipinski definition) is 4. The van der Waals surface area contributed by atoms with Gasteiger partial charge in [0.05, 0.1) is 22.7 Å². The molecule has 0 saturated heterocycles. The van der Waals surface area contributed by atoms with Crippen molar-refractivity contribution in [2.45, 2.75) is 18.4 Å². The second kappa shape index (κ2) is 5.62. The first-order valence-corrected chi connectivity index (χ1v) is 7.31. The van der Waals surface area contributed by atoms with E-state index in [-0.39, 0.29) is 17.0 Å². The molecule has 1 heterocycles. The molecule has 21 heavy (non-hydrogen) atoms. The maximum Gasteiger partial charge on any atom is 0.338 e. The van der Waals surface area contributed by atoms with Crippen LogP contribution in [0.2, 0.25) is 0 Å². The first-order valence-electron chi connectivity index (χ1n) is 5.82. The smallest absolute Gasteiger partial charge is 0.338 e. The number of aryl methyl sites for hydroxylation is 1. The minimum Gasteiger partial charge on any atom is -0.478 e. The number of aromatic carboxylic acids is 1. The van der Waals surface area contributed by atoms with Crippen molar-refractivity contribution in [3.63, 3.8) is 0 Å². The molecule has 7 nitrogen and oxygen atoms in total. The molecule has 0 bridgehead atoms. The van der Waals surface area contributed by atoms with Gasteiger partial charge in [0, 0.05) is 6.20 Å². The Balaban J connectivity index is 2.33. The SMILES string of the molecule is Cc1cc(S(=O)(=O)NCc2ccn[nH]2)cc(C(=O)O)c1F. The van der Waals surface area contributed by atoms with Crippen molar-refractivity contribution in [1.82, 2.24) is 14.9 Å². The Morgan fingerprint density at radius 2 is 2.19 bits per heavy atom. The Morgan fingerprint density at radius 3 is 2.76 bits per heavy atom. The second-order valence-electron chi connectivity index (χ2n) is 4.31. The lowest BCUT2D eigenvalue weighted by Gasteiger charge is -2.09. The molecule has 2 aromatic rings. The predicted octanol–water partition coefficient (Wildman–Crippen LogP) is 1.03. The molecular formula is C12H12FN3O4S. The Labute approximate surface area is 119 Å². The fraction of sp³-hybridized carbons (Fsp3) is 0.167. The van der Waals surface area contributed by atoms with Crippen molar-refractivity contribution in [2.24, 2.45) is 0 Å². The number of aromatic nitrogens is 2. The molecule has 0 radical (unpaired) electrons. The van der Waals surface area contributed by atoms with Crippen LogP contribution in [0.15, 0.2) is 29.3 Å². The van der Waals surface area contributed by atoms with E-state index in [2.05, 4.69) is 14.9 Å². The van der Waals surface area contributed by atoms with Gasteiger partial charge in [-0.15, -0.1) is 0 Å². The van der Waals surface area contributed by atoms with E-state index < -0.39 is 27.4 Å². The monoisotopic (exact) mass is 313 g/mol. The van der Waals surface area contributed by atoms with E-state index in [1.807, 2.05) is 0 Å². The zero-order valence-electron chi connectivity index (χ0n) is 10.9. The summed E-state index contributed by atoms with van der Waals surface area (Å²) < 4.78 is 40.1. The van der Waals surface area contributed by atoms with Crippen LogP contribution >= 0.6 is 0 Å². The number of sulfonamides is 1. The Bertz CT molecular complexity index is 772. The molecule has 0 saturated carbocycles. The van der Waals surface area contributed by atoms with Crippen molar-refractivity contribution >= 4 is 16.0 Å². The number of halogens is 1. The van der Waals surface area contributed by atoms with Gasteiger partial charge in [0.25, 0.3) is 0 Å². The van der Waals surface area contributed by atoms with E-state index in [1.54, 1.807) is 6.07 Å². The minimum absolute atomic E-state index is 0.0405. The zero-order valence-corrected chi connectivity index (χ0v) is 11.7. The van der Waals surface area contributed by atoms with Crippen molar-refractivity contribution < 1.29 is 22.7 Å². The van der Waals surface area contributed by atoms with Gasteiger partial charge in [-0.3, -0.25) is 5.10 Å². The van der Waals surface area contributed by atoms with E-state index in [4.69, 9.17) is 5.11 Å². The standard InChI is InChI=1S/C12H12FN3O4S/c1-7-4-9(5-10(11(7)13)12(17)18)21(19,20)15-6-8-2-3-14-16-8/h2-5,15H,6H2,1H3,(H,14,16)(H,17,18). The summed E-state index contributed by atoms with van der Waals surface area (Å²) in [6, 6.07) is 3.46. The normalized spacial score (nSPS) is 11.5. The summed E-state index contributed by atoms with van der Waals surface area (Å²) in [5, 5.41) is 15.1. The van der Waals surface area contributed by atoms with Gasteiger partial charge in [-0.2, -0.15) is 5.10 Å². The van der Waals surface area contributed by atoms with Crippen LogP contribution in [0.1, 0.15) is 21.6 Å². The summed E-state index contributed by atoms with van der Waals surface area (Å²) >= 11 is 0. The van der Waals surface area contributed by atoms with Gasteiger partial charge in [0.1, 0.15) is 5.82 Å². The fourth-order valence-corrected chi connectivity index (χ4v) is 2.80. The molecular weight excluding hydrogens is 301 g/mol. The van der Waals surface area contributed by atoms with Crippen LogP contribution < -0.4 is 4.72 Å². The molecule has 0 spiro atoms. The van der Waals surface area contributed by atoms with Crippen LogP contribution in [-0.4, -0.2) is 29.7 Å². The molecule has 9 heteroatoms. The number of H-pyrrole nitrogens is 1. The lowest BCUT2D eigenvalue weighted by Crippen LogP contribution is -2.24. The highest BCUT2D eigenvalue weighted by atomic mass is 32.2. The second-order valence-corrected chi connectivity index (χ2v) is 6.08. The van der Waals surface area contributed by atoms with Gasteiger partial charge in [0.15, 0.2) is 0 Å². The Kier molecular flexibility index (Phi) is 4.05. The Hall–Kier alpha value is -2.26. The van der Waals surface area contributed by atoms with Crippen LogP contribution in [0.3, 0.4) is 0 Å². The molecule has 1 aromatic carbocycles. The number of carbonyl (C=O) groups is 1. The van der Waals surface area contributed by atoms with Crippen LogP contribution in [0.5, 0.6) is 0 Å². The number of nitrogens with one attached hydrogen (secondary N) is 2. The molecule has 0 atom stereocenters. The quantitative estimate of drug-likeness (QED) is 0.763. The fourth-order valence-electron chi connectivity index (χ4n) is 1.69. The highest BCUT2D eigenvalue weighted by molar-refractivity contribution is 7.89. The highest BCUT2D eigenvalue weighted by Gasteiger charge is 2.21. The average molecular weight is 313 g/mol. The molecule has 3 N–H and O–H groups in total.